The molecule has 160 valence electrons. The van der Waals surface area contributed by atoms with Crippen molar-refractivity contribution >= 4 is 28.8 Å². The Morgan fingerprint density at radius 2 is 2.00 bits per heavy atom. The van der Waals surface area contributed by atoms with Gasteiger partial charge in [-0.25, -0.2) is 0 Å². The number of aromatic nitrogens is 1. The lowest BCUT2D eigenvalue weighted by Gasteiger charge is -2.09. The Labute approximate surface area is 184 Å². The number of H-pyrrole nitrogens is 1. The largest absolute Gasteiger partial charge is 0.496 e. The SMILES string of the molecule is COc1cc(CCC(C)C)ccc1/C=C/C1=NNC(/C=C/c2ccc3cc[nH]c3c2)C1. The van der Waals surface area contributed by atoms with Gasteiger partial charge in [0.25, 0.3) is 0 Å². The van der Waals surface area contributed by atoms with Gasteiger partial charge in [-0.3, -0.25) is 0 Å². The van der Waals surface area contributed by atoms with Gasteiger partial charge in [-0.2, -0.15) is 5.10 Å². The second kappa shape index (κ2) is 9.69. The summed E-state index contributed by atoms with van der Waals surface area (Å²) in [7, 11) is 1.74. The average Bonchev–Trinajstić information content (AvgIpc) is 3.43. The van der Waals surface area contributed by atoms with Gasteiger partial charge >= 0.3 is 0 Å². The Hall–Kier alpha value is -3.27. The zero-order valence-corrected chi connectivity index (χ0v) is 18.6. The highest BCUT2D eigenvalue weighted by atomic mass is 16.5. The Balaban J connectivity index is 1.36. The zero-order chi connectivity index (χ0) is 21.6. The molecule has 0 aliphatic carbocycles. The molecule has 1 aromatic heterocycles. The number of rotatable bonds is 8. The van der Waals surface area contributed by atoms with Crippen molar-refractivity contribution in [3.63, 3.8) is 0 Å². The van der Waals surface area contributed by atoms with Crippen molar-refractivity contribution in [3.05, 3.63) is 77.5 Å². The van der Waals surface area contributed by atoms with Crippen molar-refractivity contribution in [1.29, 1.82) is 0 Å². The molecule has 2 aromatic carbocycles. The Morgan fingerprint density at radius 3 is 2.84 bits per heavy atom. The minimum atomic E-state index is 0.208. The Bertz CT molecular complexity index is 1120. The summed E-state index contributed by atoms with van der Waals surface area (Å²) in [4.78, 5) is 3.26. The smallest absolute Gasteiger partial charge is 0.126 e. The van der Waals surface area contributed by atoms with Crippen LogP contribution in [0.2, 0.25) is 0 Å². The molecule has 0 bridgehead atoms. The van der Waals surface area contributed by atoms with E-state index in [2.05, 4.69) is 96.1 Å². The lowest BCUT2D eigenvalue weighted by molar-refractivity contribution is 0.413. The first kappa shape index (κ1) is 21.0. The molecule has 0 spiro atoms. The summed E-state index contributed by atoms with van der Waals surface area (Å²) in [5.41, 5.74) is 9.01. The third-order valence-corrected chi connectivity index (χ3v) is 5.67. The number of nitrogens with one attached hydrogen (secondary N) is 2. The van der Waals surface area contributed by atoms with E-state index < -0.39 is 0 Å². The van der Waals surface area contributed by atoms with E-state index in [9.17, 15) is 0 Å². The van der Waals surface area contributed by atoms with E-state index in [4.69, 9.17) is 4.74 Å². The molecule has 0 fully saturated rings. The average molecular weight is 414 g/mol. The van der Waals surface area contributed by atoms with Gasteiger partial charge in [-0.1, -0.05) is 50.3 Å². The predicted octanol–water partition coefficient (Wildman–Crippen LogP) is 6.21. The van der Waals surface area contributed by atoms with Crippen LogP contribution >= 0.6 is 0 Å². The monoisotopic (exact) mass is 413 g/mol. The summed E-state index contributed by atoms with van der Waals surface area (Å²) in [6, 6.07) is 15.2. The topological polar surface area (TPSA) is 49.4 Å². The molecule has 2 N–H and O–H groups in total. The molecule has 0 amide bonds. The second-order valence-electron chi connectivity index (χ2n) is 8.57. The molecular formula is C27H31N3O. The lowest BCUT2D eigenvalue weighted by Crippen LogP contribution is -2.15. The van der Waals surface area contributed by atoms with E-state index in [0.29, 0.717) is 5.92 Å². The van der Waals surface area contributed by atoms with Crippen LogP contribution in [0.25, 0.3) is 23.1 Å². The molecule has 2 heterocycles. The number of methoxy groups -OCH3 is 1. The lowest BCUT2D eigenvalue weighted by atomic mass is 10.0. The van der Waals surface area contributed by atoms with Crippen LogP contribution in [0.1, 0.15) is 43.4 Å². The molecule has 1 atom stereocenters. The van der Waals surface area contributed by atoms with Crippen molar-refractivity contribution in [2.24, 2.45) is 11.0 Å². The van der Waals surface area contributed by atoms with Gasteiger partial charge in [-0.15, -0.1) is 0 Å². The summed E-state index contributed by atoms with van der Waals surface area (Å²) in [5.74, 6) is 1.62. The van der Waals surface area contributed by atoms with Crippen molar-refractivity contribution in [3.8, 4) is 5.75 Å². The van der Waals surface area contributed by atoms with Crippen LogP contribution in [0.5, 0.6) is 5.75 Å². The number of hydrazone groups is 1. The van der Waals surface area contributed by atoms with Crippen LogP contribution in [0.15, 0.2) is 65.9 Å². The molecule has 4 rings (SSSR count). The number of hydrogen-bond donors (Lipinski definition) is 2. The maximum atomic E-state index is 5.62. The van der Waals surface area contributed by atoms with Gasteiger partial charge in [0.15, 0.2) is 0 Å². The predicted molar refractivity (Wildman–Crippen MR) is 131 cm³/mol. The normalized spacial score (nSPS) is 16.5. The quantitative estimate of drug-likeness (QED) is 0.461. The minimum absolute atomic E-state index is 0.208. The van der Waals surface area contributed by atoms with E-state index in [0.717, 1.165) is 35.4 Å². The molecule has 0 saturated heterocycles. The number of allylic oxidation sites excluding steroid dienone is 1. The molecule has 0 radical (unpaired) electrons. The van der Waals surface area contributed by atoms with Crippen LogP contribution in [0, 0.1) is 5.92 Å². The summed E-state index contributed by atoms with van der Waals surface area (Å²) >= 11 is 0. The van der Waals surface area contributed by atoms with Crippen LogP contribution in [0.3, 0.4) is 0 Å². The molecule has 3 aromatic rings. The first-order valence-corrected chi connectivity index (χ1v) is 11.0. The number of ether oxygens (including phenoxy) is 1. The standard InChI is InChI=1S/C27H31N3O/c1-19(2)4-5-21-7-10-23(27(17-21)31-3)11-13-25-18-24(29-30-25)12-8-20-6-9-22-14-15-28-26(22)16-20/h6-17,19,24,28-29H,4-5,18H2,1-3H3/b12-8+,13-11+. The fourth-order valence-electron chi connectivity index (χ4n) is 3.79. The number of fused-ring (bicyclic) bond motifs is 1. The number of nitrogens with zero attached hydrogens (tertiary/aromatic N) is 1. The maximum Gasteiger partial charge on any atom is 0.126 e. The number of aryl methyl sites for hydroxylation is 1. The van der Waals surface area contributed by atoms with Crippen LogP contribution in [0.4, 0.5) is 0 Å². The van der Waals surface area contributed by atoms with Crippen LogP contribution < -0.4 is 10.2 Å². The van der Waals surface area contributed by atoms with E-state index >= 15 is 0 Å². The molecule has 0 saturated carbocycles. The number of benzene rings is 2. The molecule has 1 unspecified atom stereocenters. The van der Waals surface area contributed by atoms with Crippen molar-refractivity contribution in [2.75, 3.05) is 7.11 Å². The summed E-state index contributed by atoms with van der Waals surface area (Å²) in [6.07, 6.45) is 13.6. The third kappa shape index (κ3) is 5.46. The van der Waals surface area contributed by atoms with Gasteiger partial charge in [0, 0.05) is 23.7 Å². The van der Waals surface area contributed by atoms with E-state index in [1.807, 2.05) is 6.20 Å². The zero-order valence-electron chi connectivity index (χ0n) is 18.6. The molecule has 4 nitrogen and oxygen atoms in total. The van der Waals surface area contributed by atoms with Gasteiger partial charge in [0.05, 0.1) is 18.9 Å². The van der Waals surface area contributed by atoms with Crippen LogP contribution in [-0.2, 0) is 6.42 Å². The van der Waals surface area contributed by atoms with E-state index in [-0.39, 0.29) is 6.04 Å². The van der Waals surface area contributed by atoms with Crippen molar-refractivity contribution in [2.45, 2.75) is 39.2 Å². The second-order valence-corrected chi connectivity index (χ2v) is 8.57. The highest BCUT2D eigenvalue weighted by molar-refractivity contribution is 6.00. The van der Waals surface area contributed by atoms with E-state index in [1.165, 1.54) is 22.9 Å². The number of aromatic amines is 1. The fourth-order valence-corrected chi connectivity index (χ4v) is 3.79. The van der Waals surface area contributed by atoms with Gasteiger partial charge in [0.2, 0.25) is 0 Å². The summed E-state index contributed by atoms with van der Waals surface area (Å²) in [6.45, 7) is 4.52. The Kier molecular flexibility index (Phi) is 6.56. The van der Waals surface area contributed by atoms with Gasteiger partial charge < -0.3 is 15.1 Å². The summed E-state index contributed by atoms with van der Waals surface area (Å²) < 4.78 is 5.62. The van der Waals surface area contributed by atoms with E-state index in [1.54, 1.807) is 7.11 Å². The first-order chi connectivity index (χ1) is 15.1. The molecule has 4 heteroatoms. The maximum absolute atomic E-state index is 5.62. The Morgan fingerprint density at radius 1 is 1.10 bits per heavy atom. The minimum Gasteiger partial charge on any atom is -0.496 e. The molecule has 1 aliphatic heterocycles. The fraction of sp³-hybridized carbons (Fsp3) is 0.296. The highest BCUT2D eigenvalue weighted by Crippen LogP contribution is 2.24. The van der Waals surface area contributed by atoms with Gasteiger partial charge in [-0.05, 0) is 65.6 Å². The highest BCUT2D eigenvalue weighted by Gasteiger charge is 2.13. The van der Waals surface area contributed by atoms with Gasteiger partial charge in [0.1, 0.15) is 5.75 Å². The van der Waals surface area contributed by atoms with Crippen molar-refractivity contribution < 1.29 is 4.74 Å². The van der Waals surface area contributed by atoms with Crippen LogP contribution in [-0.4, -0.2) is 23.8 Å². The first-order valence-electron chi connectivity index (χ1n) is 11.0. The molecule has 1 aliphatic rings. The van der Waals surface area contributed by atoms with Crippen molar-refractivity contribution in [1.82, 2.24) is 10.4 Å². The molecular weight excluding hydrogens is 382 g/mol. The number of hydrogen-bond acceptors (Lipinski definition) is 3. The summed E-state index contributed by atoms with van der Waals surface area (Å²) in [5, 5.41) is 5.72. The molecule has 31 heavy (non-hydrogen) atoms. The third-order valence-electron chi connectivity index (χ3n) is 5.67.